The summed E-state index contributed by atoms with van der Waals surface area (Å²) in [5.74, 6) is -0.0304. The molecule has 1 aliphatic heterocycles. The molecule has 0 saturated carbocycles. The van der Waals surface area contributed by atoms with Crippen molar-refractivity contribution in [2.75, 3.05) is 26.4 Å². The molecule has 1 amide bonds. The molecule has 0 bridgehead atoms. The average Bonchev–Trinajstić information content (AvgIpc) is 2.83. The summed E-state index contributed by atoms with van der Waals surface area (Å²) in [5.41, 5.74) is 0. The molecule has 106 valence electrons. The van der Waals surface area contributed by atoms with Crippen LogP contribution >= 0.6 is 0 Å². The van der Waals surface area contributed by atoms with Crippen LogP contribution in [0.15, 0.2) is 0 Å². The standard InChI is InChI=1S/C13H26N2O3/c1-4-5-14-12-8-18-7-11(12)13(17)15-10(3)9(2)6-16/h9-12,14,16H,4-8H2,1-3H3,(H,15,17). The van der Waals surface area contributed by atoms with Gasteiger partial charge >= 0.3 is 0 Å². The topological polar surface area (TPSA) is 70.6 Å². The first-order valence-electron chi connectivity index (χ1n) is 6.82. The lowest BCUT2D eigenvalue weighted by Gasteiger charge is -2.23. The van der Waals surface area contributed by atoms with E-state index in [4.69, 9.17) is 9.84 Å². The van der Waals surface area contributed by atoms with Gasteiger partial charge < -0.3 is 20.5 Å². The summed E-state index contributed by atoms with van der Waals surface area (Å²) in [6.45, 7) is 8.00. The van der Waals surface area contributed by atoms with Crippen LogP contribution in [-0.2, 0) is 9.53 Å². The van der Waals surface area contributed by atoms with E-state index in [-0.39, 0.29) is 36.4 Å². The van der Waals surface area contributed by atoms with Gasteiger partial charge in [-0.3, -0.25) is 4.79 Å². The molecule has 5 heteroatoms. The highest BCUT2D eigenvalue weighted by molar-refractivity contribution is 5.80. The van der Waals surface area contributed by atoms with Crippen LogP contribution in [0.2, 0.25) is 0 Å². The molecule has 18 heavy (non-hydrogen) atoms. The summed E-state index contributed by atoms with van der Waals surface area (Å²) in [6, 6.07) is 0.0940. The van der Waals surface area contributed by atoms with Gasteiger partial charge in [0.1, 0.15) is 0 Å². The van der Waals surface area contributed by atoms with Crippen LogP contribution in [0, 0.1) is 11.8 Å². The Morgan fingerprint density at radius 2 is 2.17 bits per heavy atom. The second-order valence-corrected chi connectivity index (χ2v) is 5.16. The quantitative estimate of drug-likeness (QED) is 0.607. The van der Waals surface area contributed by atoms with Crippen molar-refractivity contribution in [3.63, 3.8) is 0 Å². The number of carbonyl (C=O) groups is 1. The predicted octanol–water partition coefficient (Wildman–Crippen LogP) is 0.134. The summed E-state index contributed by atoms with van der Waals surface area (Å²) < 4.78 is 5.38. The molecule has 0 aromatic carbocycles. The van der Waals surface area contributed by atoms with Gasteiger partial charge in [0.05, 0.1) is 19.1 Å². The van der Waals surface area contributed by atoms with Crippen LogP contribution in [0.5, 0.6) is 0 Å². The van der Waals surface area contributed by atoms with E-state index >= 15 is 0 Å². The van der Waals surface area contributed by atoms with Crippen LogP contribution in [0.25, 0.3) is 0 Å². The smallest absolute Gasteiger partial charge is 0.227 e. The van der Waals surface area contributed by atoms with Crippen LogP contribution in [0.1, 0.15) is 27.2 Å². The average molecular weight is 258 g/mol. The molecule has 0 spiro atoms. The van der Waals surface area contributed by atoms with E-state index < -0.39 is 0 Å². The first-order valence-corrected chi connectivity index (χ1v) is 6.82. The molecular weight excluding hydrogens is 232 g/mol. The summed E-state index contributed by atoms with van der Waals surface area (Å²) in [7, 11) is 0. The van der Waals surface area contributed by atoms with Gasteiger partial charge in [-0.15, -0.1) is 0 Å². The van der Waals surface area contributed by atoms with E-state index in [2.05, 4.69) is 17.6 Å². The highest BCUT2D eigenvalue weighted by atomic mass is 16.5. The zero-order valence-electron chi connectivity index (χ0n) is 11.6. The van der Waals surface area contributed by atoms with Gasteiger partial charge in [-0.25, -0.2) is 0 Å². The molecule has 1 aliphatic rings. The van der Waals surface area contributed by atoms with Crippen molar-refractivity contribution in [2.45, 2.75) is 39.3 Å². The Morgan fingerprint density at radius 3 is 2.78 bits per heavy atom. The Morgan fingerprint density at radius 1 is 1.44 bits per heavy atom. The van der Waals surface area contributed by atoms with Gasteiger partial charge in [0, 0.05) is 18.7 Å². The fourth-order valence-corrected chi connectivity index (χ4v) is 1.98. The van der Waals surface area contributed by atoms with Gasteiger partial charge in [-0.2, -0.15) is 0 Å². The Bertz CT molecular complexity index is 261. The van der Waals surface area contributed by atoms with Crippen molar-refractivity contribution >= 4 is 5.91 Å². The van der Waals surface area contributed by atoms with Crippen molar-refractivity contribution in [1.82, 2.24) is 10.6 Å². The molecule has 4 unspecified atom stereocenters. The third kappa shape index (κ3) is 4.23. The van der Waals surface area contributed by atoms with Gasteiger partial charge in [0.2, 0.25) is 5.91 Å². The van der Waals surface area contributed by atoms with Gasteiger partial charge in [-0.05, 0) is 25.8 Å². The van der Waals surface area contributed by atoms with Crippen molar-refractivity contribution < 1.29 is 14.6 Å². The number of carbonyl (C=O) groups excluding carboxylic acids is 1. The fourth-order valence-electron chi connectivity index (χ4n) is 1.98. The largest absolute Gasteiger partial charge is 0.396 e. The number of amides is 1. The molecule has 0 radical (unpaired) electrons. The lowest BCUT2D eigenvalue weighted by Crippen LogP contribution is -2.48. The van der Waals surface area contributed by atoms with E-state index in [1.165, 1.54) is 0 Å². The van der Waals surface area contributed by atoms with Crippen LogP contribution in [-0.4, -0.2) is 49.5 Å². The SMILES string of the molecule is CCCNC1COCC1C(=O)NC(C)C(C)CO. The highest BCUT2D eigenvalue weighted by Gasteiger charge is 2.34. The minimum atomic E-state index is -0.120. The summed E-state index contributed by atoms with van der Waals surface area (Å²) >= 11 is 0. The second kappa shape index (κ2) is 7.71. The number of rotatable bonds is 7. The maximum atomic E-state index is 12.1. The van der Waals surface area contributed by atoms with Crippen LogP contribution in [0.3, 0.4) is 0 Å². The fraction of sp³-hybridized carbons (Fsp3) is 0.923. The molecule has 4 atom stereocenters. The van der Waals surface area contributed by atoms with E-state index in [1.807, 2.05) is 13.8 Å². The molecule has 0 aliphatic carbocycles. The zero-order valence-corrected chi connectivity index (χ0v) is 11.6. The van der Waals surface area contributed by atoms with Gasteiger partial charge in [-0.1, -0.05) is 13.8 Å². The summed E-state index contributed by atoms with van der Waals surface area (Å²) in [4.78, 5) is 12.1. The minimum absolute atomic E-state index is 0.0186. The Kier molecular flexibility index (Phi) is 6.60. The van der Waals surface area contributed by atoms with E-state index in [0.29, 0.717) is 13.2 Å². The Balaban J connectivity index is 2.44. The molecular formula is C13H26N2O3. The van der Waals surface area contributed by atoms with Crippen molar-refractivity contribution in [2.24, 2.45) is 11.8 Å². The predicted molar refractivity (Wildman–Crippen MR) is 70.2 cm³/mol. The lowest BCUT2D eigenvalue weighted by molar-refractivity contribution is -0.126. The van der Waals surface area contributed by atoms with Crippen LogP contribution < -0.4 is 10.6 Å². The first kappa shape index (κ1) is 15.4. The molecule has 1 fully saturated rings. The van der Waals surface area contributed by atoms with Crippen molar-refractivity contribution in [1.29, 1.82) is 0 Å². The monoisotopic (exact) mass is 258 g/mol. The molecule has 0 aromatic rings. The van der Waals surface area contributed by atoms with Gasteiger partial charge in [0.15, 0.2) is 0 Å². The van der Waals surface area contributed by atoms with Crippen LogP contribution in [0.4, 0.5) is 0 Å². The highest BCUT2D eigenvalue weighted by Crippen LogP contribution is 2.15. The maximum absolute atomic E-state index is 12.1. The summed E-state index contributed by atoms with van der Waals surface area (Å²) in [5, 5.41) is 15.4. The number of hydrogen-bond donors (Lipinski definition) is 3. The van der Waals surface area contributed by atoms with Crippen molar-refractivity contribution in [3.8, 4) is 0 Å². The van der Waals surface area contributed by atoms with E-state index in [1.54, 1.807) is 0 Å². The zero-order chi connectivity index (χ0) is 13.5. The number of aliphatic hydroxyl groups is 1. The van der Waals surface area contributed by atoms with Crippen molar-refractivity contribution in [3.05, 3.63) is 0 Å². The molecule has 1 rings (SSSR count). The number of nitrogens with one attached hydrogen (secondary N) is 2. The summed E-state index contributed by atoms with van der Waals surface area (Å²) in [6.07, 6.45) is 1.04. The Labute approximate surface area is 109 Å². The maximum Gasteiger partial charge on any atom is 0.227 e. The molecule has 3 N–H and O–H groups in total. The number of aliphatic hydroxyl groups excluding tert-OH is 1. The van der Waals surface area contributed by atoms with E-state index in [0.717, 1.165) is 13.0 Å². The van der Waals surface area contributed by atoms with Gasteiger partial charge in [0.25, 0.3) is 0 Å². The molecule has 1 heterocycles. The third-order valence-electron chi connectivity index (χ3n) is 3.59. The lowest BCUT2D eigenvalue weighted by atomic mass is 10.00. The van der Waals surface area contributed by atoms with E-state index in [9.17, 15) is 4.79 Å². The minimum Gasteiger partial charge on any atom is -0.396 e. The third-order valence-corrected chi connectivity index (χ3v) is 3.59. The Hall–Kier alpha value is -0.650. The molecule has 1 saturated heterocycles. The second-order valence-electron chi connectivity index (χ2n) is 5.16. The normalized spacial score (nSPS) is 26.9. The first-order chi connectivity index (χ1) is 8.60. The number of ether oxygens (including phenoxy) is 1. The molecule has 0 aromatic heterocycles. The number of hydrogen-bond acceptors (Lipinski definition) is 4. The molecule has 5 nitrogen and oxygen atoms in total.